The average molecular weight is 516 g/mol. The molecule has 0 aromatic carbocycles. The summed E-state index contributed by atoms with van der Waals surface area (Å²) in [5.74, 6) is 1.24. The fraction of sp³-hybridized carbons (Fsp3) is 0.538. The molecule has 5 rings (SSSR count). The van der Waals surface area contributed by atoms with E-state index in [2.05, 4.69) is 24.8 Å². The largest absolute Gasteiger partial charge is 0.480 e. The molecule has 37 heavy (non-hydrogen) atoms. The highest BCUT2D eigenvalue weighted by molar-refractivity contribution is 6.07. The molecule has 2 N–H and O–H groups in total. The Balaban J connectivity index is 1.39. The van der Waals surface area contributed by atoms with Crippen molar-refractivity contribution >= 4 is 17.0 Å². The second kappa shape index (κ2) is 9.92. The highest BCUT2D eigenvalue weighted by Crippen LogP contribution is 2.44. The van der Waals surface area contributed by atoms with E-state index in [9.17, 15) is 13.2 Å². The number of aromatic nitrogens is 4. The maximum absolute atomic E-state index is 13.1. The van der Waals surface area contributed by atoms with Crippen LogP contribution in [-0.4, -0.2) is 63.4 Å². The molecule has 0 spiro atoms. The van der Waals surface area contributed by atoms with Crippen LogP contribution >= 0.6 is 0 Å². The number of likely N-dealkylation sites (tertiary alicyclic amines) is 1. The lowest BCUT2D eigenvalue weighted by Crippen LogP contribution is -2.44. The van der Waals surface area contributed by atoms with Gasteiger partial charge in [-0.25, -0.2) is 15.0 Å². The summed E-state index contributed by atoms with van der Waals surface area (Å²) in [6.45, 7) is 1.48. The predicted molar refractivity (Wildman–Crippen MR) is 135 cm³/mol. The van der Waals surface area contributed by atoms with Gasteiger partial charge in [0, 0.05) is 63.0 Å². The number of ether oxygens (including phenoxy) is 1. The summed E-state index contributed by atoms with van der Waals surface area (Å²) in [6.07, 6.45) is 5.32. The number of nitrogens with two attached hydrogens (primary N) is 1. The van der Waals surface area contributed by atoms with Gasteiger partial charge in [0.2, 0.25) is 5.88 Å². The maximum atomic E-state index is 13.1. The van der Waals surface area contributed by atoms with Crippen molar-refractivity contribution in [3.63, 3.8) is 0 Å². The zero-order chi connectivity index (χ0) is 26.3. The number of hydrogen-bond donors (Lipinski definition) is 1. The summed E-state index contributed by atoms with van der Waals surface area (Å²) in [5, 5.41) is 0. The van der Waals surface area contributed by atoms with Gasteiger partial charge >= 0.3 is 6.18 Å². The molecular formula is C26H32F3N7O. The van der Waals surface area contributed by atoms with Crippen LogP contribution in [-0.2, 0) is 13.2 Å². The molecule has 1 saturated carbocycles. The summed E-state index contributed by atoms with van der Waals surface area (Å²) >= 11 is 0. The number of alkyl halides is 3. The van der Waals surface area contributed by atoms with Crippen LogP contribution in [0.5, 0.6) is 5.88 Å². The van der Waals surface area contributed by atoms with Crippen LogP contribution in [0.2, 0.25) is 0 Å². The first-order chi connectivity index (χ1) is 17.7. The summed E-state index contributed by atoms with van der Waals surface area (Å²) in [4.78, 5) is 19.7. The third-order valence-corrected chi connectivity index (χ3v) is 7.56. The van der Waals surface area contributed by atoms with Gasteiger partial charge in [-0.2, -0.15) is 13.2 Å². The first kappa shape index (κ1) is 25.4. The van der Waals surface area contributed by atoms with Gasteiger partial charge in [0.15, 0.2) is 5.69 Å². The van der Waals surface area contributed by atoms with Crippen molar-refractivity contribution in [1.82, 2.24) is 24.4 Å². The van der Waals surface area contributed by atoms with Crippen LogP contribution in [0.3, 0.4) is 0 Å². The van der Waals surface area contributed by atoms with E-state index in [1.54, 1.807) is 21.2 Å². The first-order valence-corrected chi connectivity index (χ1v) is 12.6. The number of hydrogen-bond acceptors (Lipinski definition) is 7. The molecule has 2 aromatic rings. The Kier molecular flexibility index (Phi) is 6.82. The summed E-state index contributed by atoms with van der Waals surface area (Å²) in [7, 11) is 4.99. The van der Waals surface area contributed by atoms with Crippen LogP contribution in [0.25, 0.3) is 11.3 Å². The van der Waals surface area contributed by atoms with Gasteiger partial charge in [-0.3, -0.25) is 9.89 Å². The van der Waals surface area contributed by atoms with Gasteiger partial charge in [-0.15, -0.1) is 0 Å². The Bertz CT molecular complexity index is 1270. The van der Waals surface area contributed by atoms with Crippen molar-refractivity contribution in [3.8, 4) is 5.88 Å². The smallest absolute Gasteiger partial charge is 0.434 e. The molecule has 0 radical (unpaired) electrons. The molecule has 2 aromatic heterocycles. The van der Waals surface area contributed by atoms with E-state index in [1.165, 1.54) is 10.9 Å². The van der Waals surface area contributed by atoms with Gasteiger partial charge in [0.25, 0.3) is 0 Å². The number of aliphatic imine (C=N–C) groups is 1. The Morgan fingerprint density at radius 1 is 1.19 bits per heavy atom. The molecule has 198 valence electrons. The molecule has 3 aliphatic rings. The SMILES string of the molecule is CN=C1CCN(C2CC=C(c3nc(C(F)(F)F)cn3C)CC2)C/C1=C(/N)c1c(OC)ncnc1C1CC1. The topological polar surface area (TPSA) is 94.5 Å². The number of rotatable bonds is 5. The lowest BCUT2D eigenvalue weighted by Gasteiger charge is -2.38. The van der Waals surface area contributed by atoms with Crippen LogP contribution in [0.15, 0.2) is 29.2 Å². The van der Waals surface area contributed by atoms with Crippen molar-refractivity contribution in [2.24, 2.45) is 17.8 Å². The zero-order valence-corrected chi connectivity index (χ0v) is 21.3. The van der Waals surface area contributed by atoms with Gasteiger partial charge in [-0.1, -0.05) is 6.08 Å². The van der Waals surface area contributed by atoms with E-state index in [0.717, 1.165) is 73.0 Å². The molecule has 1 unspecified atom stereocenters. The maximum Gasteiger partial charge on any atom is 0.434 e. The van der Waals surface area contributed by atoms with Crippen molar-refractivity contribution in [3.05, 3.63) is 46.9 Å². The number of piperidine rings is 1. The van der Waals surface area contributed by atoms with Gasteiger partial charge in [0.05, 0.1) is 24.1 Å². The van der Waals surface area contributed by atoms with E-state index in [-0.39, 0.29) is 6.04 Å². The monoisotopic (exact) mass is 515 g/mol. The first-order valence-electron chi connectivity index (χ1n) is 12.6. The lowest BCUT2D eigenvalue weighted by atomic mass is 9.89. The molecule has 1 atom stereocenters. The molecule has 3 heterocycles. The standard InChI is InChI=1S/C26H32F3N7O/c1-31-19-10-11-36(12-18(19)22(30)21-23(15-4-5-15)32-14-33-25(21)37-3)17-8-6-16(7-9-17)24-34-20(13-35(24)2)26(27,28)29/h6,13-15,17H,4-5,7-12,30H2,1-3H3/b22-18-,31-19?. The minimum Gasteiger partial charge on any atom is -0.480 e. The summed E-state index contributed by atoms with van der Waals surface area (Å²) < 4.78 is 46.4. The molecule has 0 amide bonds. The zero-order valence-electron chi connectivity index (χ0n) is 21.3. The van der Waals surface area contributed by atoms with Crippen molar-refractivity contribution < 1.29 is 17.9 Å². The Hall–Kier alpha value is -3.21. The average Bonchev–Trinajstić information content (AvgIpc) is 3.67. The highest BCUT2D eigenvalue weighted by Gasteiger charge is 2.36. The number of imidazole rings is 1. The van der Waals surface area contributed by atoms with E-state index in [0.29, 0.717) is 36.3 Å². The predicted octanol–water partition coefficient (Wildman–Crippen LogP) is 4.20. The summed E-state index contributed by atoms with van der Waals surface area (Å²) in [5.41, 5.74) is 11.1. The van der Waals surface area contributed by atoms with Gasteiger partial charge in [-0.05, 0) is 37.7 Å². The van der Waals surface area contributed by atoms with Crippen LogP contribution in [0.4, 0.5) is 13.2 Å². The van der Waals surface area contributed by atoms with E-state index >= 15 is 0 Å². The third-order valence-electron chi connectivity index (χ3n) is 7.56. The molecular weight excluding hydrogens is 483 g/mol. The Morgan fingerprint density at radius 3 is 2.57 bits per heavy atom. The van der Waals surface area contributed by atoms with E-state index in [4.69, 9.17) is 10.5 Å². The van der Waals surface area contributed by atoms with Crippen molar-refractivity contribution in [1.29, 1.82) is 0 Å². The fourth-order valence-electron chi connectivity index (χ4n) is 5.44. The van der Waals surface area contributed by atoms with Crippen LogP contribution in [0, 0.1) is 0 Å². The quantitative estimate of drug-likeness (QED) is 0.642. The number of nitrogens with zero attached hydrogens (tertiary/aromatic N) is 6. The normalized spacial score (nSPS) is 23.8. The molecule has 11 heteroatoms. The van der Waals surface area contributed by atoms with Crippen LogP contribution in [0.1, 0.15) is 67.2 Å². The van der Waals surface area contributed by atoms with Crippen LogP contribution < -0.4 is 10.5 Å². The van der Waals surface area contributed by atoms with Gasteiger partial charge < -0.3 is 15.0 Å². The lowest BCUT2D eigenvalue weighted by molar-refractivity contribution is -0.141. The second-order valence-corrected chi connectivity index (χ2v) is 9.92. The molecule has 0 bridgehead atoms. The fourth-order valence-corrected chi connectivity index (χ4v) is 5.44. The minimum atomic E-state index is -4.45. The number of allylic oxidation sites excluding steroid dienone is 1. The Labute approximate surface area is 214 Å². The highest BCUT2D eigenvalue weighted by atomic mass is 19.4. The molecule has 2 aliphatic carbocycles. The van der Waals surface area contributed by atoms with Crippen molar-refractivity contribution in [2.75, 3.05) is 27.2 Å². The minimum absolute atomic E-state index is 0.254. The van der Waals surface area contributed by atoms with E-state index in [1.807, 2.05) is 6.08 Å². The molecule has 1 saturated heterocycles. The Morgan fingerprint density at radius 2 is 1.97 bits per heavy atom. The number of halogens is 3. The van der Waals surface area contributed by atoms with E-state index < -0.39 is 11.9 Å². The second-order valence-electron chi connectivity index (χ2n) is 9.92. The van der Waals surface area contributed by atoms with Crippen molar-refractivity contribution in [2.45, 2.75) is 56.7 Å². The number of aryl methyl sites for hydroxylation is 1. The molecule has 8 nitrogen and oxygen atoms in total. The third kappa shape index (κ3) is 5.01. The van der Waals surface area contributed by atoms with Gasteiger partial charge in [0.1, 0.15) is 12.2 Å². The molecule has 1 aliphatic heterocycles. The summed E-state index contributed by atoms with van der Waals surface area (Å²) in [6, 6.07) is 0.254. The molecule has 2 fully saturated rings. The number of methoxy groups -OCH3 is 1.